The number of aliphatic imine (C=N–C) groups is 1. The number of primary amides is 1. The Bertz CT molecular complexity index is 797. The highest BCUT2D eigenvalue weighted by atomic mass is 127. The summed E-state index contributed by atoms with van der Waals surface area (Å²) in [5.74, 6) is 2.56. The molecule has 0 bridgehead atoms. The van der Waals surface area contributed by atoms with Crippen molar-refractivity contribution >= 4 is 35.8 Å². The van der Waals surface area contributed by atoms with E-state index in [1.807, 2.05) is 6.92 Å². The summed E-state index contributed by atoms with van der Waals surface area (Å²) in [5, 5.41) is 6.79. The highest BCUT2D eigenvalue weighted by Crippen LogP contribution is 2.35. The van der Waals surface area contributed by atoms with Crippen LogP contribution in [0.3, 0.4) is 0 Å². The molecule has 2 heterocycles. The minimum Gasteiger partial charge on any atom is -0.494 e. The molecular weight excluding hydrogens is 533 g/mol. The maximum Gasteiger partial charge on any atom is 0.220 e. The van der Waals surface area contributed by atoms with Crippen molar-refractivity contribution in [1.29, 1.82) is 0 Å². The van der Waals surface area contributed by atoms with Gasteiger partial charge in [-0.2, -0.15) is 0 Å². The number of hydrogen-bond acceptors (Lipinski definition) is 5. The van der Waals surface area contributed by atoms with Crippen LogP contribution in [-0.2, 0) is 17.8 Å². The fourth-order valence-electron chi connectivity index (χ4n) is 4.42. The lowest BCUT2D eigenvalue weighted by atomic mass is 9.96. The van der Waals surface area contributed by atoms with Gasteiger partial charge in [-0.05, 0) is 71.3 Å². The van der Waals surface area contributed by atoms with Crippen molar-refractivity contribution in [2.24, 2.45) is 16.6 Å². The number of fused-ring (bicyclic) bond motifs is 1. The van der Waals surface area contributed by atoms with Gasteiger partial charge < -0.3 is 30.7 Å². The molecule has 0 spiro atoms. The molecule has 9 heteroatoms. The number of carbonyl (C=O) groups excluding carboxylic acids is 1. The average molecular weight is 574 g/mol. The molecule has 2 aliphatic rings. The number of unbranched alkanes of at least 4 members (excludes halogenated alkanes) is 1. The van der Waals surface area contributed by atoms with Crippen molar-refractivity contribution in [2.45, 2.75) is 58.6 Å². The first-order chi connectivity index (χ1) is 15.5. The molecule has 1 fully saturated rings. The lowest BCUT2D eigenvalue weighted by molar-refractivity contribution is -0.123. The van der Waals surface area contributed by atoms with Gasteiger partial charge in [0.05, 0.1) is 6.61 Å². The van der Waals surface area contributed by atoms with Crippen molar-refractivity contribution in [3.8, 4) is 11.5 Å². The van der Waals surface area contributed by atoms with Crippen molar-refractivity contribution in [1.82, 2.24) is 15.5 Å². The van der Waals surface area contributed by atoms with E-state index in [1.54, 1.807) is 7.05 Å². The molecule has 1 saturated heterocycles. The molecule has 4 N–H and O–H groups in total. The number of benzene rings is 1. The molecule has 1 aromatic carbocycles. The predicted molar refractivity (Wildman–Crippen MR) is 143 cm³/mol. The molecule has 0 aromatic heterocycles. The average Bonchev–Trinajstić information content (AvgIpc) is 3.14. The fourth-order valence-corrected chi connectivity index (χ4v) is 4.42. The summed E-state index contributed by atoms with van der Waals surface area (Å²) < 4.78 is 11.8. The van der Waals surface area contributed by atoms with Gasteiger partial charge in [0.2, 0.25) is 5.91 Å². The van der Waals surface area contributed by atoms with Crippen molar-refractivity contribution in [2.75, 3.05) is 39.8 Å². The number of amides is 1. The van der Waals surface area contributed by atoms with Gasteiger partial charge in [0.15, 0.2) is 5.96 Å². The van der Waals surface area contributed by atoms with Gasteiger partial charge in [-0.25, -0.2) is 0 Å². The molecule has 0 saturated carbocycles. The zero-order valence-electron chi connectivity index (χ0n) is 20.2. The number of hydrogen-bond donors (Lipinski definition) is 3. The molecule has 1 atom stereocenters. The number of rotatable bonds is 10. The summed E-state index contributed by atoms with van der Waals surface area (Å²) in [5.41, 5.74) is 7.70. The first-order valence-electron chi connectivity index (χ1n) is 11.9. The Morgan fingerprint density at radius 1 is 1.27 bits per heavy atom. The maximum absolute atomic E-state index is 11.3. The summed E-state index contributed by atoms with van der Waals surface area (Å²) in [7, 11) is 1.79. The number of guanidine groups is 1. The molecule has 1 unspecified atom stereocenters. The predicted octanol–water partition coefficient (Wildman–Crippen LogP) is 2.67. The van der Waals surface area contributed by atoms with Crippen molar-refractivity contribution in [3.05, 3.63) is 23.3 Å². The second kappa shape index (κ2) is 13.8. The van der Waals surface area contributed by atoms with E-state index in [0.717, 1.165) is 81.3 Å². The first-order valence-corrected chi connectivity index (χ1v) is 11.9. The van der Waals surface area contributed by atoms with Crippen LogP contribution in [0, 0.1) is 5.92 Å². The Labute approximate surface area is 215 Å². The maximum atomic E-state index is 11.3. The van der Waals surface area contributed by atoms with Crippen LogP contribution in [-0.4, -0.2) is 62.7 Å². The number of carbonyl (C=O) groups is 1. The van der Waals surface area contributed by atoms with E-state index >= 15 is 0 Å². The van der Waals surface area contributed by atoms with E-state index in [4.69, 9.17) is 15.2 Å². The van der Waals surface area contributed by atoms with Gasteiger partial charge in [-0.15, -0.1) is 24.0 Å². The van der Waals surface area contributed by atoms with E-state index in [1.165, 1.54) is 5.56 Å². The quantitative estimate of drug-likeness (QED) is 0.172. The van der Waals surface area contributed by atoms with Gasteiger partial charge in [0, 0.05) is 43.6 Å². The normalized spacial score (nSPS) is 18.8. The molecule has 0 aliphatic carbocycles. The summed E-state index contributed by atoms with van der Waals surface area (Å²) in [4.78, 5) is 18.0. The molecule has 33 heavy (non-hydrogen) atoms. The van der Waals surface area contributed by atoms with Gasteiger partial charge in [0.1, 0.15) is 17.6 Å². The van der Waals surface area contributed by atoms with E-state index in [-0.39, 0.29) is 41.9 Å². The molecular formula is C24H40IN5O3. The topological polar surface area (TPSA) is 101 Å². The number of nitrogens with zero attached hydrogens (tertiary/aromatic N) is 2. The Hall–Kier alpha value is -1.75. The van der Waals surface area contributed by atoms with Crippen LogP contribution in [0.2, 0.25) is 0 Å². The van der Waals surface area contributed by atoms with Crippen LogP contribution < -0.4 is 25.8 Å². The Morgan fingerprint density at radius 3 is 2.70 bits per heavy atom. The van der Waals surface area contributed by atoms with Crippen LogP contribution in [0.1, 0.15) is 50.7 Å². The SMILES string of the molecule is CCOc1cc2c(cc1CNC(=NC)NCCCCN1CCC(C(N)=O)CC1)OC(C)C2.I. The minimum atomic E-state index is -0.150. The second-order valence-electron chi connectivity index (χ2n) is 8.71. The summed E-state index contributed by atoms with van der Waals surface area (Å²) in [6.45, 7) is 9.21. The zero-order chi connectivity index (χ0) is 22.9. The van der Waals surface area contributed by atoms with Crippen molar-refractivity contribution < 1.29 is 14.3 Å². The first kappa shape index (κ1) is 27.5. The van der Waals surface area contributed by atoms with E-state index in [0.29, 0.717) is 13.2 Å². The van der Waals surface area contributed by atoms with Crippen LogP contribution in [0.4, 0.5) is 0 Å². The summed E-state index contributed by atoms with van der Waals surface area (Å²) in [6, 6.07) is 4.20. The smallest absolute Gasteiger partial charge is 0.220 e. The Kier molecular flexibility index (Phi) is 11.5. The van der Waals surface area contributed by atoms with Crippen LogP contribution in [0.15, 0.2) is 17.1 Å². The van der Waals surface area contributed by atoms with E-state index in [2.05, 4.69) is 39.6 Å². The number of halogens is 1. The molecule has 8 nitrogen and oxygen atoms in total. The van der Waals surface area contributed by atoms with Gasteiger partial charge in [-0.1, -0.05) is 0 Å². The van der Waals surface area contributed by atoms with E-state index in [9.17, 15) is 4.79 Å². The van der Waals surface area contributed by atoms with Crippen LogP contribution in [0.25, 0.3) is 0 Å². The highest BCUT2D eigenvalue weighted by molar-refractivity contribution is 14.0. The molecule has 0 radical (unpaired) electrons. The standard InChI is InChI=1S/C24H39N5O3.HI/c1-4-31-21-14-19-13-17(2)32-22(19)15-20(21)16-28-24(26-3)27-9-5-6-10-29-11-7-18(8-12-29)23(25)30;/h14-15,17-18H,4-13,16H2,1-3H3,(H2,25,30)(H2,26,27,28);1H. The van der Waals surface area contributed by atoms with Crippen molar-refractivity contribution in [3.63, 3.8) is 0 Å². The number of likely N-dealkylation sites (tertiary alicyclic amines) is 1. The number of piperidine rings is 1. The van der Waals surface area contributed by atoms with Gasteiger partial charge in [-0.3, -0.25) is 9.79 Å². The third-order valence-corrected chi connectivity index (χ3v) is 6.23. The van der Waals surface area contributed by atoms with E-state index < -0.39 is 0 Å². The van der Waals surface area contributed by atoms with Crippen LogP contribution >= 0.6 is 24.0 Å². The molecule has 1 aromatic rings. The number of nitrogens with one attached hydrogen (secondary N) is 2. The largest absolute Gasteiger partial charge is 0.494 e. The third kappa shape index (κ3) is 8.20. The molecule has 186 valence electrons. The zero-order valence-corrected chi connectivity index (χ0v) is 22.5. The number of ether oxygens (including phenoxy) is 2. The highest BCUT2D eigenvalue weighted by Gasteiger charge is 2.23. The fraction of sp³-hybridized carbons (Fsp3) is 0.667. The third-order valence-electron chi connectivity index (χ3n) is 6.23. The molecule has 1 amide bonds. The lowest BCUT2D eigenvalue weighted by Gasteiger charge is -2.30. The number of nitrogens with two attached hydrogens (primary N) is 1. The van der Waals surface area contributed by atoms with Gasteiger partial charge in [0.25, 0.3) is 0 Å². The van der Waals surface area contributed by atoms with Gasteiger partial charge >= 0.3 is 0 Å². The lowest BCUT2D eigenvalue weighted by Crippen LogP contribution is -2.39. The van der Waals surface area contributed by atoms with Crippen LogP contribution in [0.5, 0.6) is 11.5 Å². The Morgan fingerprint density at radius 2 is 2.03 bits per heavy atom. The minimum absolute atomic E-state index is 0. The Balaban J connectivity index is 0.00000385. The molecule has 2 aliphatic heterocycles. The molecule has 3 rings (SSSR count). The second-order valence-corrected chi connectivity index (χ2v) is 8.71. The summed E-state index contributed by atoms with van der Waals surface area (Å²) >= 11 is 0. The summed E-state index contributed by atoms with van der Waals surface area (Å²) in [6.07, 6.45) is 5.09. The monoisotopic (exact) mass is 573 g/mol.